The highest BCUT2D eigenvalue weighted by Crippen LogP contribution is 2.37. The fourth-order valence-electron chi connectivity index (χ4n) is 2.85. The molecule has 0 spiro atoms. The highest BCUT2D eigenvalue weighted by atomic mass is 35.5. The second-order valence-electron chi connectivity index (χ2n) is 6.68. The number of carbonyl (C=O) groups is 1. The largest absolute Gasteiger partial charge is 0.388 e. The number of hydrogen-bond donors (Lipinski definition) is 1. The lowest BCUT2D eigenvalue weighted by atomic mass is 10.1. The first-order chi connectivity index (χ1) is 13.4. The Morgan fingerprint density at radius 2 is 1.79 bits per heavy atom. The topological polar surface area (TPSA) is 55.1 Å². The third-order valence-corrected chi connectivity index (χ3v) is 5.75. The van der Waals surface area contributed by atoms with E-state index in [1.54, 1.807) is 18.2 Å². The molecule has 1 heterocycles. The van der Waals surface area contributed by atoms with Crippen molar-refractivity contribution in [2.45, 2.75) is 42.8 Å². The molecule has 0 atom stereocenters. The first kappa shape index (κ1) is 20.9. The zero-order valence-corrected chi connectivity index (χ0v) is 17.9. The van der Waals surface area contributed by atoms with E-state index in [1.165, 1.54) is 11.8 Å². The molecule has 3 aromatic rings. The number of halogens is 2. The molecule has 0 saturated heterocycles. The Labute approximate surface area is 178 Å². The van der Waals surface area contributed by atoms with Crippen LogP contribution in [-0.4, -0.2) is 20.9 Å². The third kappa shape index (κ3) is 4.78. The van der Waals surface area contributed by atoms with Crippen molar-refractivity contribution in [3.8, 4) is 0 Å². The van der Waals surface area contributed by atoms with Crippen molar-refractivity contribution in [3.63, 3.8) is 0 Å². The summed E-state index contributed by atoms with van der Waals surface area (Å²) in [6.45, 7) is 4.51. The summed E-state index contributed by atoms with van der Waals surface area (Å²) in [6, 6.07) is 12.8. The fraction of sp³-hybridized carbons (Fsp3) is 0.238. The molecule has 0 aliphatic carbocycles. The minimum atomic E-state index is -0.164. The molecule has 0 radical (unpaired) electrons. The van der Waals surface area contributed by atoms with Crippen LogP contribution in [-0.2, 0) is 13.2 Å². The summed E-state index contributed by atoms with van der Waals surface area (Å²) in [5.74, 6) is 0.778. The summed E-state index contributed by atoms with van der Waals surface area (Å²) in [5, 5.41) is 11.9. The summed E-state index contributed by atoms with van der Waals surface area (Å²) < 4.78 is 2.00. The Balaban J connectivity index is 2.04. The number of aromatic nitrogens is 2. The molecule has 0 aliphatic heterocycles. The number of aldehydes is 1. The molecule has 2 aromatic carbocycles. The van der Waals surface area contributed by atoms with Gasteiger partial charge < -0.3 is 9.67 Å². The van der Waals surface area contributed by atoms with Gasteiger partial charge in [-0.05, 0) is 29.7 Å². The predicted octanol–water partition coefficient (Wildman–Crippen LogP) is 5.82. The molecule has 146 valence electrons. The molecule has 3 rings (SSSR count). The van der Waals surface area contributed by atoms with Crippen molar-refractivity contribution in [3.05, 3.63) is 75.2 Å². The van der Waals surface area contributed by atoms with E-state index in [2.05, 4.69) is 18.8 Å². The number of aliphatic hydroxyl groups excluding tert-OH is 1. The Bertz CT molecular complexity index is 965. The number of imidazole rings is 1. The van der Waals surface area contributed by atoms with E-state index in [4.69, 9.17) is 23.2 Å². The maximum Gasteiger partial charge on any atom is 0.150 e. The van der Waals surface area contributed by atoms with Crippen LogP contribution < -0.4 is 0 Å². The van der Waals surface area contributed by atoms with Gasteiger partial charge in [0.25, 0.3) is 0 Å². The lowest BCUT2D eigenvalue weighted by Gasteiger charge is -2.13. The highest BCUT2D eigenvalue weighted by Gasteiger charge is 2.20. The van der Waals surface area contributed by atoms with Crippen molar-refractivity contribution in [1.29, 1.82) is 0 Å². The molecular formula is C21H20Cl2N2O2S. The lowest BCUT2D eigenvalue weighted by molar-refractivity contribution is 0.112. The van der Waals surface area contributed by atoms with Crippen LogP contribution in [0.2, 0.25) is 10.0 Å². The van der Waals surface area contributed by atoms with Gasteiger partial charge in [-0.15, -0.1) is 0 Å². The molecule has 1 N–H and O–H groups in total. The van der Waals surface area contributed by atoms with E-state index in [9.17, 15) is 9.90 Å². The predicted molar refractivity (Wildman–Crippen MR) is 114 cm³/mol. The fourth-order valence-corrected chi connectivity index (χ4v) is 4.77. The van der Waals surface area contributed by atoms with Gasteiger partial charge in [-0.3, -0.25) is 4.79 Å². The standard InChI is InChI=1S/C21H20Cl2N2O2S/c1-13(2)20-21(28-18-8-16(22)7-17(23)9-18)25(19(12-27)24-20)10-14-3-5-15(11-26)6-4-14/h3-9,11,13,27H,10,12H2,1-2H3. The van der Waals surface area contributed by atoms with Crippen LogP contribution >= 0.6 is 35.0 Å². The van der Waals surface area contributed by atoms with Crippen molar-refractivity contribution >= 4 is 41.2 Å². The smallest absolute Gasteiger partial charge is 0.150 e. The minimum Gasteiger partial charge on any atom is -0.388 e. The lowest BCUT2D eigenvalue weighted by Crippen LogP contribution is -2.07. The Kier molecular flexibility index (Phi) is 6.83. The number of hydrogen-bond acceptors (Lipinski definition) is 4. The zero-order chi connectivity index (χ0) is 20.3. The van der Waals surface area contributed by atoms with Crippen molar-refractivity contribution < 1.29 is 9.90 Å². The van der Waals surface area contributed by atoms with Crippen LogP contribution in [0.15, 0.2) is 52.4 Å². The molecule has 0 saturated carbocycles. The van der Waals surface area contributed by atoms with E-state index in [0.29, 0.717) is 28.0 Å². The first-order valence-corrected chi connectivity index (χ1v) is 10.4. The van der Waals surface area contributed by atoms with Gasteiger partial charge in [-0.2, -0.15) is 0 Å². The van der Waals surface area contributed by atoms with Gasteiger partial charge in [-0.1, -0.05) is 73.1 Å². The Morgan fingerprint density at radius 1 is 1.14 bits per heavy atom. The molecule has 0 aliphatic rings. The Hall–Kier alpha value is -1.79. The number of rotatable bonds is 7. The van der Waals surface area contributed by atoms with Crippen molar-refractivity contribution in [2.75, 3.05) is 0 Å². The van der Waals surface area contributed by atoms with E-state index in [1.807, 2.05) is 28.8 Å². The van der Waals surface area contributed by atoms with Gasteiger partial charge >= 0.3 is 0 Å². The second-order valence-corrected chi connectivity index (χ2v) is 8.62. The quantitative estimate of drug-likeness (QED) is 0.476. The maximum absolute atomic E-state index is 10.9. The molecule has 0 unspecified atom stereocenters. The van der Waals surface area contributed by atoms with Gasteiger partial charge in [0.05, 0.1) is 5.69 Å². The van der Waals surface area contributed by atoms with Gasteiger partial charge in [0.2, 0.25) is 0 Å². The average Bonchev–Trinajstić information content (AvgIpc) is 2.99. The average molecular weight is 435 g/mol. The summed E-state index contributed by atoms with van der Waals surface area (Å²) >= 11 is 13.8. The molecule has 1 aromatic heterocycles. The number of benzene rings is 2. The molecule has 0 fully saturated rings. The maximum atomic E-state index is 10.9. The summed E-state index contributed by atoms with van der Waals surface area (Å²) in [4.78, 5) is 16.5. The van der Waals surface area contributed by atoms with Crippen LogP contribution in [0.25, 0.3) is 0 Å². The van der Waals surface area contributed by atoms with Crippen LogP contribution in [0.3, 0.4) is 0 Å². The van der Waals surface area contributed by atoms with Crippen LogP contribution in [0.1, 0.15) is 47.2 Å². The molecule has 0 amide bonds. The van der Waals surface area contributed by atoms with E-state index in [-0.39, 0.29) is 12.5 Å². The molecule has 28 heavy (non-hydrogen) atoms. The number of aliphatic hydroxyl groups is 1. The SMILES string of the molecule is CC(C)c1nc(CO)n(Cc2ccc(C=O)cc2)c1Sc1cc(Cl)cc(Cl)c1. The van der Waals surface area contributed by atoms with Crippen LogP contribution in [0.5, 0.6) is 0 Å². The van der Waals surface area contributed by atoms with Crippen molar-refractivity contribution in [2.24, 2.45) is 0 Å². The normalized spacial score (nSPS) is 11.2. The monoisotopic (exact) mass is 434 g/mol. The molecule has 4 nitrogen and oxygen atoms in total. The van der Waals surface area contributed by atoms with Crippen LogP contribution in [0.4, 0.5) is 0 Å². The number of nitrogens with zero attached hydrogens (tertiary/aromatic N) is 2. The van der Waals surface area contributed by atoms with Gasteiger partial charge in [0.15, 0.2) is 0 Å². The van der Waals surface area contributed by atoms with E-state index < -0.39 is 0 Å². The van der Waals surface area contributed by atoms with Gasteiger partial charge in [0.1, 0.15) is 23.7 Å². The molecule has 7 heteroatoms. The summed E-state index contributed by atoms with van der Waals surface area (Å²) in [7, 11) is 0. The summed E-state index contributed by atoms with van der Waals surface area (Å²) in [5.41, 5.74) is 2.55. The Morgan fingerprint density at radius 3 is 2.32 bits per heavy atom. The molecule has 0 bridgehead atoms. The molecular weight excluding hydrogens is 415 g/mol. The summed E-state index contributed by atoms with van der Waals surface area (Å²) in [6.07, 6.45) is 0.821. The minimum absolute atomic E-state index is 0.164. The van der Waals surface area contributed by atoms with Crippen molar-refractivity contribution in [1.82, 2.24) is 9.55 Å². The van der Waals surface area contributed by atoms with Crippen LogP contribution in [0, 0.1) is 0 Å². The number of carbonyl (C=O) groups excluding carboxylic acids is 1. The van der Waals surface area contributed by atoms with E-state index in [0.717, 1.165) is 27.5 Å². The van der Waals surface area contributed by atoms with E-state index >= 15 is 0 Å². The van der Waals surface area contributed by atoms with Gasteiger partial charge in [0, 0.05) is 27.0 Å². The van der Waals surface area contributed by atoms with Gasteiger partial charge in [-0.25, -0.2) is 4.98 Å². The third-order valence-electron chi connectivity index (χ3n) is 4.22. The zero-order valence-electron chi connectivity index (χ0n) is 15.5. The first-order valence-electron chi connectivity index (χ1n) is 8.79. The highest BCUT2D eigenvalue weighted by molar-refractivity contribution is 7.99. The second kappa shape index (κ2) is 9.14.